The minimum Gasteiger partial charge on any atom is -0.347 e. The van der Waals surface area contributed by atoms with Crippen LogP contribution in [0, 0.1) is 5.82 Å². The third kappa shape index (κ3) is 5.23. The van der Waals surface area contributed by atoms with Crippen LogP contribution in [-0.4, -0.2) is 26.7 Å². The van der Waals surface area contributed by atoms with Crippen LogP contribution >= 0.6 is 0 Å². The summed E-state index contributed by atoms with van der Waals surface area (Å²) in [5.74, 6) is 0.550. The van der Waals surface area contributed by atoms with Gasteiger partial charge in [-0.15, -0.1) is 5.10 Å². The summed E-state index contributed by atoms with van der Waals surface area (Å²) >= 11 is 0. The van der Waals surface area contributed by atoms with Crippen molar-refractivity contribution >= 4 is 5.91 Å². The quantitative estimate of drug-likeness (QED) is 0.533. The van der Waals surface area contributed by atoms with Crippen LogP contribution in [0.25, 0.3) is 17.1 Å². The van der Waals surface area contributed by atoms with E-state index in [1.165, 1.54) is 37.0 Å². The number of rotatable bonds is 5. The molecule has 0 aliphatic heterocycles. The SMILES string of the molecule is CC(C)c1ccc(-c2nc(C(=O)NC3CCCCCCC3)nn2-c2ccc(F)cc2)cc1. The molecule has 168 valence electrons. The van der Waals surface area contributed by atoms with Crippen LogP contribution in [0.1, 0.15) is 80.9 Å². The van der Waals surface area contributed by atoms with E-state index < -0.39 is 0 Å². The van der Waals surface area contributed by atoms with Gasteiger partial charge in [0.05, 0.1) is 5.69 Å². The second kappa shape index (κ2) is 10.1. The van der Waals surface area contributed by atoms with Crippen LogP contribution in [0.2, 0.25) is 0 Å². The Morgan fingerprint density at radius 2 is 1.59 bits per heavy atom. The van der Waals surface area contributed by atoms with Gasteiger partial charge in [-0.3, -0.25) is 4.79 Å². The molecule has 32 heavy (non-hydrogen) atoms. The molecule has 2 aromatic carbocycles. The van der Waals surface area contributed by atoms with E-state index in [0.717, 1.165) is 31.2 Å². The van der Waals surface area contributed by atoms with Crippen molar-refractivity contribution in [1.29, 1.82) is 0 Å². The molecule has 0 bridgehead atoms. The molecule has 0 atom stereocenters. The summed E-state index contributed by atoms with van der Waals surface area (Å²) in [6.07, 6.45) is 7.98. The molecular weight excluding hydrogens is 403 g/mol. The van der Waals surface area contributed by atoms with Crippen molar-refractivity contribution in [3.8, 4) is 17.1 Å². The lowest BCUT2D eigenvalue weighted by Gasteiger charge is -2.20. The van der Waals surface area contributed by atoms with E-state index in [-0.39, 0.29) is 23.6 Å². The molecule has 1 aliphatic carbocycles. The molecule has 0 spiro atoms. The molecule has 1 heterocycles. The zero-order valence-corrected chi connectivity index (χ0v) is 18.9. The summed E-state index contributed by atoms with van der Waals surface area (Å²) in [7, 11) is 0. The lowest BCUT2D eigenvalue weighted by atomic mass is 9.97. The first-order chi connectivity index (χ1) is 15.5. The van der Waals surface area contributed by atoms with Crippen LogP contribution in [0.15, 0.2) is 48.5 Å². The minimum atomic E-state index is -0.320. The molecule has 5 nitrogen and oxygen atoms in total. The maximum Gasteiger partial charge on any atom is 0.291 e. The van der Waals surface area contributed by atoms with Crippen LogP contribution in [0.3, 0.4) is 0 Å². The molecule has 0 unspecified atom stereocenters. The molecule has 1 aromatic heterocycles. The van der Waals surface area contributed by atoms with E-state index in [9.17, 15) is 9.18 Å². The van der Waals surface area contributed by atoms with Crippen molar-refractivity contribution in [3.63, 3.8) is 0 Å². The average Bonchev–Trinajstić information content (AvgIpc) is 3.22. The zero-order chi connectivity index (χ0) is 22.5. The van der Waals surface area contributed by atoms with Crippen LogP contribution in [0.4, 0.5) is 4.39 Å². The Kier molecular flexibility index (Phi) is 6.98. The van der Waals surface area contributed by atoms with Gasteiger partial charge in [0.15, 0.2) is 5.82 Å². The summed E-state index contributed by atoms with van der Waals surface area (Å²) in [5, 5.41) is 7.66. The minimum absolute atomic E-state index is 0.138. The summed E-state index contributed by atoms with van der Waals surface area (Å²) in [6, 6.07) is 14.4. The molecule has 6 heteroatoms. The van der Waals surface area contributed by atoms with Gasteiger partial charge in [-0.25, -0.2) is 14.1 Å². The van der Waals surface area contributed by atoms with E-state index >= 15 is 0 Å². The number of amides is 1. The number of hydrogen-bond acceptors (Lipinski definition) is 3. The van der Waals surface area contributed by atoms with Gasteiger partial charge < -0.3 is 5.32 Å². The number of benzene rings is 2. The first-order valence-corrected chi connectivity index (χ1v) is 11.7. The van der Waals surface area contributed by atoms with Crippen molar-refractivity contribution in [2.24, 2.45) is 0 Å². The maximum absolute atomic E-state index is 13.5. The fraction of sp³-hybridized carbons (Fsp3) is 0.423. The average molecular weight is 435 g/mol. The molecular formula is C26H31FN4O. The number of nitrogens with one attached hydrogen (secondary N) is 1. The number of aromatic nitrogens is 3. The first kappa shape index (κ1) is 22.2. The number of hydrogen-bond donors (Lipinski definition) is 1. The third-order valence-electron chi connectivity index (χ3n) is 6.16. The Morgan fingerprint density at radius 1 is 0.969 bits per heavy atom. The first-order valence-electron chi connectivity index (χ1n) is 11.7. The third-order valence-corrected chi connectivity index (χ3v) is 6.16. The maximum atomic E-state index is 13.5. The summed E-state index contributed by atoms with van der Waals surface area (Å²) < 4.78 is 15.1. The monoisotopic (exact) mass is 434 g/mol. The Morgan fingerprint density at radius 3 is 2.22 bits per heavy atom. The molecule has 1 N–H and O–H groups in total. The van der Waals surface area contributed by atoms with E-state index in [0.29, 0.717) is 17.4 Å². The number of halogens is 1. The molecule has 1 saturated carbocycles. The Labute approximate surface area is 189 Å². The van der Waals surface area contributed by atoms with Crippen molar-refractivity contribution in [1.82, 2.24) is 20.1 Å². The van der Waals surface area contributed by atoms with Gasteiger partial charge in [-0.1, -0.05) is 70.2 Å². The highest BCUT2D eigenvalue weighted by Crippen LogP contribution is 2.24. The van der Waals surface area contributed by atoms with Gasteiger partial charge in [0.2, 0.25) is 5.82 Å². The van der Waals surface area contributed by atoms with E-state index in [1.807, 2.05) is 12.1 Å². The van der Waals surface area contributed by atoms with Gasteiger partial charge in [0.1, 0.15) is 5.82 Å². The van der Waals surface area contributed by atoms with Crippen molar-refractivity contribution in [2.45, 2.75) is 70.8 Å². The fourth-order valence-electron chi connectivity index (χ4n) is 4.22. The van der Waals surface area contributed by atoms with Gasteiger partial charge in [-0.2, -0.15) is 0 Å². The van der Waals surface area contributed by atoms with Crippen molar-refractivity contribution in [3.05, 3.63) is 65.7 Å². The number of carbonyl (C=O) groups excluding carboxylic acids is 1. The van der Waals surface area contributed by atoms with Crippen LogP contribution in [-0.2, 0) is 0 Å². The lowest BCUT2D eigenvalue weighted by Crippen LogP contribution is -2.36. The largest absolute Gasteiger partial charge is 0.347 e. The van der Waals surface area contributed by atoms with Crippen molar-refractivity contribution < 1.29 is 9.18 Å². The van der Waals surface area contributed by atoms with E-state index in [4.69, 9.17) is 0 Å². The van der Waals surface area contributed by atoms with Crippen molar-refractivity contribution in [2.75, 3.05) is 0 Å². The van der Waals surface area contributed by atoms with Gasteiger partial charge in [0, 0.05) is 11.6 Å². The molecule has 0 radical (unpaired) electrons. The molecule has 1 aliphatic rings. The predicted octanol–water partition coefficient (Wildman–Crippen LogP) is 6.04. The molecule has 4 rings (SSSR count). The second-order valence-electron chi connectivity index (χ2n) is 8.94. The highest BCUT2D eigenvalue weighted by atomic mass is 19.1. The number of nitrogens with zero attached hydrogens (tertiary/aromatic N) is 3. The van der Waals surface area contributed by atoms with Crippen LogP contribution < -0.4 is 5.32 Å². The Bertz CT molecular complexity index is 1030. The Hall–Kier alpha value is -3.02. The second-order valence-corrected chi connectivity index (χ2v) is 8.94. The topological polar surface area (TPSA) is 59.8 Å². The zero-order valence-electron chi connectivity index (χ0n) is 18.9. The molecule has 3 aromatic rings. The highest BCUT2D eigenvalue weighted by Gasteiger charge is 2.22. The smallest absolute Gasteiger partial charge is 0.291 e. The summed E-state index contributed by atoms with van der Waals surface area (Å²) in [5.41, 5.74) is 2.74. The normalized spacial score (nSPS) is 15.4. The lowest BCUT2D eigenvalue weighted by molar-refractivity contribution is 0.0920. The molecule has 1 fully saturated rings. The Balaban J connectivity index is 1.65. The van der Waals surface area contributed by atoms with Crippen LogP contribution in [0.5, 0.6) is 0 Å². The number of carbonyl (C=O) groups is 1. The summed E-state index contributed by atoms with van der Waals surface area (Å²) in [6.45, 7) is 4.29. The fourth-order valence-corrected chi connectivity index (χ4v) is 4.22. The molecule has 1 amide bonds. The highest BCUT2D eigenvalue weighted by molar-refractivity contribution is 5.91. The van der Waals surface area contributed by atoms with Gasteiger partial charge in [0.25, 0.3) is 5.91 Å². The summed E-state index contributed by atoms with van der Waals surface area (Å²) in [4.78, 5) is 17.6. The van der Waals surface area contributed by atoms with Gasteiger partial charge in [-0.05, 0) is 48.6 Å². The molecule has 0 saturated heterocycles. The van der Waals surface area contributed by atoms with E-state index in [2.05, 4.69) is 41.4 Å². The van der Waals surface area contributed by atoms with E-state index in [1.54, 1.807) is 16.8 Å². The standard InChI is InChI=1S/C26H31FN4O/c1-18(2)19-10-12-20(13-11-19)25-29-24(30-31(25)23-16-14-21(27)15-17-23)26(32)28-22-8-6-4-3-5-7-9-22/h10-18,22H,3-9H2,1-2H3,(H,28,32). The predicted molar refractivity (Wildman–Crippen MR) is 124 cm³/mol. The van der Waals surface area contributed by atoms with Gasteiger partial charge >= 0.3 is 0 Å².